The fourth-order valence-electron chi connectivity index (χ4n) is 2.84. The Morgan fingerprint density at radius 1 is 1.00 bits per heavy atom. The highest BCUT2D eigenvalue weighted by Gasteiger charge is 2.20. The van der Waals surface area contributed by atoms with Crippen LogP contribution in [0.25, 0.3) is 0 Å². The molecule has 0 saturated heterocycles. The van der Waals surface area contributed by atoms with Gasteiger partial charge in [-0.05, 0) is 37.2 Å². The lowest BCUT2D eigenvalue weighted by Crippen LogP contribution is -2.47. The second-order valence-electron chi connectivity index (χ2n) is 7.73. The van der Waals surface area contributed by atoms with E-state index in [1.807, 2.05) is 30.3 Å². The molecule has 0 aliphatic carbocycles. The molecule has 0 spiro atoms. The first kappa shape index (κ1) is 22.2. The van der Waals surface area contributed by atoms with Crippen LogP contribution < -0.4 is 10.6 Å². The molecule has 26 heavy (non-hydrogen) atoms. The van der Waals surface area contributed by atoms with Crippen LogP contribution in [-0.4, -0.2) is 30.5 Å². The van der Waals surface area contributed by atoms with Crippen molar-refractivity contribution in [1.82, 2.24) is 10.6 Å². The van der Waals surface area contributed by atoms with Gasteiger partial charge in [-0.15, -0.1) is 0 Å². The summed E-state index contributed by atoms with van der Waals surface area (Å²) in [5.74, 6) is 0.995. The Morgan fingerprint density at radius 2 is 1.62 bits per heavy atom. The predicted molar refractivity (Wildman–Crippen MR) is 105 cm³/mol. The van der Waals surface area contributed by atoms with Crippen LogP contribution in [0, 0.1) is 11.8 Å². The van der Waals surface area contributed by atoms with E-state index in [2.05, 4.69) is 38.3 Å². The van der Waals surface area contributed by atoms with Crippen molar-refractivity contribution in [3.63, 3.8) is 0 Å². The summed E-state index contributed by atoms with van der Waals surface area (Å²) in [6.45, 7) is 10.8. The van der Waals surface area contributed by atoms with Crippen LogP contribution >= 0.6 is 0 Å². The van der Waals surface area contributed by atoms with Gasteiger partial charge in [0.25, 0.3) is 0 Å². The minimum Gasteiger partial charge on any atom is -0.445 e. The number of rotatable bonds is 11. The number of carbonyl (C=O) groups is 2. The van der Waals surface area contributed by atoms with Crippen molar-refractivity contribution in [3.05, 3.63) is 35.9 Å². The van der Waals surface area contributed by atoms with E-state index in [0.717, 1.165) is 18.4 Å². The van der Waals surface area contributed by atoms with Crippen LogP contribution in [0.1, 0.15) is 53.0 Å². The maximum absolute atomic E-state index is 12.1. The van der Waals surface area contributed by atoms with E-state index in [0.29, 0.717) is 18.4 Å². The summed E-state index contributed by atoms with van der Waals surface area (Å²) in [6.07, 6.45) is 1.19. The number of carbonyl (C=O) groups excluding carboxylic acids is 2. The highest BCUT2D eigenvalue weighted by molar-refractivity contribution is 5.81. The Kier molecular flexibility index (Phi) is 9.96. The van der Waals surface area contributed by atoms with E-state index in [1.165, 1.54) is 0 Å². The smallest absolute Gasteiger partial charge is 0.407 e. The summed E-state index contributed by atoms with van der Waals surface area (Å²) in [5, 5.41) is 6.25. The third kappa shape index (κ3) is 9.56. The van der Waals surface area contributed by atoms with Gasteiger partial charge < -0.3 is 15.4 Å². The van der Waals surface area contributed by atoms with Crippen LogP contribution in [0.5, 0.6) is 0 Å². The zero-order valence-corrected chi connectivity index (χ0v) is 16.7. The van der Waals surface area contributed by atoms with Crippen molar-refractivity contribution >= 4 is 11.9 Å². The van der Waals surface area contributed by atoms with E-state index in [9.17, 15) is 9.59 Å². The maximum Gasteiger partial charge on any atom is 0.407 e. The van der Waals surface area contributed by atoms with Gasteiger partial charge in [0.1, 0.15) is 12.4 Å². The number of ketones is 1. The molecule has 0 heterocycles. The van der Waals surface area contributed by atoms with Gasteiger partial charge in [-0.2, -0.15) is 0 Å². The molecule has 0 fully saturated rings. The molecule has 5 nitrogen and oxygen atoms in total. The summed E-state index contributed by atoms with van der Waals surface area (Å²) in [7, 11) is 0. The summed E-state index contributed by atoms with van der Waals surface area (Å²) >= 11 is 0. The van der Waals surface area contributed by atoms with Gasteiger partial charge in [0.05, 0.1) is 6.04 Å². The Morgan fingerprint density at radius 3 is 2.15 bits per heavy atom. The van der Waals surface area contributed by atoms with Crippen molar-refractivity contribution in [3.8, 4) is 0 Å². The Bertz CT molecular complexity index is 543. The van der Waals surface area contributed by atoms with E-state index in [1.54, 1.807) is 6.92 Å². The third-order valence-corrected chi connectivity index (χ3v) is 4.10. The first-order chi connectivity index (χ1) is 12.3. The average molecular weight is 363 g/mol. The Balaban J connectivity index is 2.53. The first-order valence-electron chi connectivity index (χ1n) is 9.49. The summed E-state index contributed by atoms with van der Waals surface area (Å²) in [5.41, 5.74) is 0.953. The molecular weight excluding hydrogens is 328 g/mol. The molecule has 1 aromatic rings. The molecule has 2 N–H and O–H groups in total. The molecule has 2 atom stereocenters. The maximum atomic E-state index is 12.1. The number of hydrogen-bond acceptors (Lipinski definition) is 4. The van der Waals surface area contributed by atoms with Gasteiger partial charge in [-0.25, -0.2) is 4.79 Å². The normalized spacial score (nSPS) is 13.5. The van der Waals surface area contributed by atoms with Crippen molar-refractivity contribution in [2.45, 2.75) is 66.2 Å². The van der Waals surface area contributed by atoms with E-state index in [4.69, 9.17) is 4.74 Å². The monoisotopic (exact) mass is 362 g/mol. The van der Waals surface area contributed by atoms with E-state index < -0.39 is 6.09 Å². The molecule has 0 aliphatic heterocycles. The molecule has 0 aromatic heterocycles. The first-order valence-corrected chi connectivity index (χ1v) is 9.49. The fourth-order valence-corrected chi connectivity index (χ4v) is 2.84. The van der Waals surface area contributed by atoms with Crippen molar-refractivity contribution in [2.24, 2.45) is 11.8 Å². The minimum absolute atomic E-state index is 0.0766. The number of alkyl carbamates (subject to hydrolysis) is 1. The second-order valence-corrected chi connectivity index (χ2v) is 7.73. The molecule has 1 amide bonds. The van der Waals surface area contributed by atoms with Crippen molar-refractivity contribution in [2.75, 3.05) is 6.54 Å². The number of nitrogens with one attached hydrogen (secondary N) is 2. The van der Waals surface area contributed by atoms with Gasteiger partial charge in [-0.1, -0.05) is 58.0 Å². The Labute approximate surface area is 157 Å². The summed E-state index contributed by atoms with van der Waals surface area (Å²) < 4.78 is 5.31. The highest BCUT2D eigenvalue weighted by atomic mass is 16.5. The topological polar surface area (TPSA) is 67.4 Å². The lowest BCUT2D eigenvalue weighted by atomic mass is 9.99. The highest BCUT2D eigenvalue weighted by Crippen LogP contribution is 2.09. The lowest BCUT2D eigenvalue weighted by Gasteiger charge is -2.24. The molecule has 1 aromatic carbocycles. The summed E-state index contributed by atoms with van der Waals surface area (Å²) in [4.78, 5) is 24.0. The largest absolute Gasteiger partial charge is 0.445 e. The molecule has 0 bridgehead atoms. The molecule has 0 aliphatic rings. The molecule has 146 valence electrons. The number of Topliss-reactive ketones (excluding diaryl/α,β-unsaturated/α-hetero) is 1. The molecule has 5 heteroatoms. The zero-order chi connectivity index (χ0) is 19.5. The van der Waals surface area contributed by atoms with E-state index in [-0.39, 0.29) is 24.5 Å². The van der Waals surface area contributed by atoms with E-state index >= 15 is 0 Å². The van der Waals surface area contributed by atoms with Gasteiger partial charge in [0.15, 0.2) is 0 Å². The van der Waals surface area contributed by atoms with Crippen LogP contribution in [-0.2, 0) is 16.1 Å². The Hall–Kier alpha value is -1.88. The molecule has 0 unspecified atom stereocenters. The van der Waals surface area contributed by atoms with Crippen LogP contribution in [0.2, 0.25) is 0 Å². The third-order valence-electron chi connectivity index (χ3n) is 4.10. The zero-order valence-electron chi connectivity index (χ0n) is 16.7. The predicted octanol–water partition coefficient (Wildman–Crippen LogP) is 3.92. The van der Waals surface area contributed by atoms with Crippen LogP contribution in [0.3, 0.4) is 0 Å². The number of amides is 1. The van der Waals surface area contributed by atoms with Crippen molar-refractivity contribution < 1.29 is 14.3 Å². The number of benzene rings is 1. The van der Waals surface area contributed by atoms with Crippen LogP contribution in [0.15, 0.2) is 30.3 Å². The summed E-state index contributed by atoms with van der Waals surface area (Å²) in [6, 6.07) is 9.35. The molecule has 0 radical (unpaired) electrons. The second kappa shape index (κ2) is 11.7. The van der Waals surface area contributed by atoms with Gasteiger partial charge in [0.2, 0.25) is 0 Å². The lowest BCUT2D eigenvalue weighted by molar-refractivity contribution is -0.119. The minimum atomic E-state index is -0.426. The van der Waals surface area contributed by atoms with Gasteiger partial charge >= 0.3 is 6.09 Å². The van der Waals surface area contributed by atoms with Gasteiger partial charge in [0, 0.05) is 12.6 Å². The average Bonchev–Trinajstić information content (AvgIpc) is 2.56. The van der Waals surface area contributed by atoms with Gasteiger partial charge in [-0.3, -0.25) is 4.79 Å². The SMILES string of the molecule is CC(=O)[C@H](CC(C)C)NC[C@@H](CC(C)C)NC(=O)OCc1ccccc1. The molecular formula is C21H34N2O3. The fraction of sp³-hybridized carbons (Fsp3) is 0.619. The molecule has 1 rings (SSSR count). The standard InChI is InChI=1S/C21H34N2O3/c1-15(2)11-19(13-22-20(17(5)24)12-16(3)4)23-21(25)26-14-18-9-7-6-8-10-18/h6-10,15-16,19-20,22H,11-14H2,1-5H3,(H,23,25)/t19-,20+/m1/s1. The van der Waals surface area contributed by atoms with Crippen LogP contribution in [0.4, 0.5) is 4.79 Å². The number of hydrogen-bond donors (Lipinski definition) is 2. The number of ether oxygens (including phenoxy) is 1. The quantitative estimate of drug-likeness (QED) is 0.626. The molecule has 0 saturated carbocycles. The van der Waals surface area contributed by atoms with Crippen molar-refractivity contribution in [1.29, 1.82) is 0 Å².